The van der Waals surface area contributed by atoms with Gasteiger partial charge in [-0.2, -0.15) is 0 Å². The van der Waals surface area contributed by atoms with Crippen LogP contribution in [-0.2, 0) is 11.3 Å². The third kappa shape index (κ3) is 5.87. The van der Waals surface area contributed by atoms with E-state index in [1.54, 1.807) is 59.8 Å². The highest BCUT2D eigenvalue weighted by molar-refractivity contribution is 5.96. The number of rotatable bonds is 3. The van der Waals surface area contributed by atoms with Crippen molar-refractivity contribution in [3.8, 4) is 23.0 Å². The molecule has 1 saturated heterocycles. The standard InChI is InChI=1S/C28H28N4O7/c1-36-21-9-19-10-22(11-21)38-16-26(33)30-13-18-3-4-20(12-24(18)37-2)39-25-15-32(14-23(25)31-27(19)34)28(35)17-5-7-29-8-6-17/h3-12,23,25H,13-16H2,1-2H3,(H,30,33)(H,31,34)/t23-,25-/m0/s1. The average molecular weight is 533 g/mol. The molecule has 39 heavy (non-hydrogen) atoms. The second-order valence-electron chi connectivity index (χ2n) is 9.12. The Morgan fingerprint density at radius 2 is 1.82 bits per heavy atom. The van der Waals surface area contributed by atoms with E-state index >= 15 is 0 Å². The zero-order valence-electron chi connectivity index (χ0n) is 21.5. The number of carbonyl (C=O) groups excluding carboxylic acids is 3. The number of hydrogen-bond donors (Lipinski definition) is 2. The van der Waals surface area contributed by atoms with Crippen LogP contribution in [-0.4, -0.2) is 73.7 Å². The van der Waals surface area contributed by atoms with Crippen LogP contribution in [0.15, 0.2) is 60.9 Å². The van der Waals surface area contributed by atoms with Crippen LogP contribution in [0.2, 0.25) is 0 Å². The molecule has 0 aliphatic carbocycles. The van der Waals surface area contributed by atoms with Crippen molar-refractivity contribution in [1.82, 2.24) is 20.5 Å². The van der Waals surface area contributed by atoms with Gasteiger partial charge in [0.15, 0.2) is 6.61 Å². The summed E-state index contributed by atoms with van der Waals surface area (Å²) in [7, 11) is 3.01. The van der Waals surface area contributed by atoms with Gasteiger partial charge in [-0.15, -0.1) is 0 Å². The largest absolute Gasteiger partial charge is 0.497 e. The number of amides is 3. The number of hydrogen-bond acceptors (Lipinski definition) is 8. The molecule has 2 N–H and O–H groups in total. The fourth-order valence-corrected chi connectivity index (χ4v) is 4.54. The maximum atomic E-state index is 13.4. The third-order valence-electron chi connectivity index (χ3n) is 6.57. The fraction of sp³-hybridized carbons (Fsp3) is 0.286. The summed E-state index contributed by atoms with van der Waals surface area (Å²) in [5, 5.41) is 5.81. The smallest absolute Gasteiger partial charge is 0.258 e. The molecule has 3 amide bonds. The Kier molecular flexibility index (Phi) is 7.48. The highest BCUT2D eigenvalue weighted by atomic mass is 16.5. The van der Waals surface area contributed by atoms with Gasteiger partial charge < -0.3 is 34.5 Å². The van der Waals surface area contributed by atoms with E-state index < -0.39 is 18.1 Å². The van der Waals surface area contributed by atoms with Crippen molar-refractivity contribution in [3.63, 3.8) is 0 Å². The molecule has 3 aromatic rings. The van der Waals surface area contributed by atoms with E-state index in [0.717, 1.165) is 5.56 Å². The van der Waals surface area contributed by atoms with Crippen LogP contribution in [0, 0.1) is 0 Å². The molecular formula is C28H28N4O7. The van der Waals surface area contributed by atoms with Crippen molar-refractivity contribution < 1.29 is 33.3 Å². The molecule has 4 heterocycles. The molecule has 0 unspecified atom stereocenters. The maximum absolute atomic E-state index is 13.4. The van der Waals surface area contributed by atoms with Crippen LogP contribution in [0.1, 0.15) is 26.3 Å². The van der Waals surface area contributed by atoms with Crippen molar-refractivity contribution in [3.05, 3.63) is 77.6 Å². The molecular weight excluding hydrogens is 504 g/mol. The van der Waals surface area contributed by atoms with Gasteiger partial charge >= 0.3 is 0 Å². The minimum atomic E-state index is -0.549. The summed E-state index contributed by atoms with van der Waals surface area (Å²) >= 11 is 0. The number of benzene rings is 2. The average Bonchev–Trinajstić information content (AvgIpc) is 3.36. The lowest BCUT2D eigenvalue weighted by atomic mass is 10.1. The number of fused-ring (bicyclic) bond motifs is 7. The highest BCUT2D eigenvalue weighted by Crippen LogP contribution is 2.28. The number of likely N-dealkylation sites (tertiary alicyclic amines) is 1. The first kappa shape index (κ1) is 25.8. The van der Waals surface area contributed by atoms with Gasteiger partial charge in [0, 0.05) is 54.3 Å². The summed E-state index contributed by atoms with van der Waals surface area (Å²) in [6.45, 7) is 0.445. The topological polar surface area (TPSA) is 128 Å². The minimum Gasteiger partial charge on any atom is -0.497 e. The van der Waals surface area contributed by atoms with Crippen LogP contribution in [0.25, 0.3) is 0 Å². The Morgan fingerprint density at radius 3 is 2.59 bits per heavy atom. The summed E-state index contributed by atoms with van der Waals surface area (Å²) in [6.07, 6.45) is 2.57. The molecule has 2 atom stereocenters. The first-order chi connectivity index (χ1) is 18.9. The van der Waals surface area contributed by atoms with Crippen LogP contribution in [0.5, 0.6) is 23.0 Å². The van der Waals surface area contributed by atoms with E-state index in [4.69, 9.17) is 18.9 Å². The molecule has 2 aromatic carbocycles. The predicted molar refractivity (Wildman–Crippen MR) is 139 cm³/mol. The molecule has 3 aliphatic heterocycles. The summed E-state index contributed by atoms with van der Waals surface area (Å²) < 4.78 is 22.8. The molecule has 0 radical (unpaired) electrons. The van der Waals surface area contributed by atoms with Crippen LogP contribution >= 0.6 is 0 Å². The molecule has 0 spiro atoms. The van der Waals surface area contributed by atoms with E-state index in [0.29, 0.717) is 28.6 Å². The van der Waals surface area contributed by atoms with Crippen molar-refractivity contribution >= 4 is 17.7 Å². The van der Waals surface area contributed by atoms with Crippen LogP contribution in [0.3, 0.4) is 0 Å². The van der Waals surface area contributed by atoms with Gasteiger partial charge in [0.25, 0.3) is 17.7 Å². The van der Waals surface area contributed by atoms with Gasteiger partial charge in [-0.25, -0.2) is 0 Å². The fourth-order valence-electron chi connectivity index (χ4n) is 4.54. The lowest BCUT2D eigenvalue weighted by molar-refractivity contribution is -0.123. The number of methoxy groups -OCH3 is 2. The number of nitrogens with one attached hydrogen (secondary N) is 2. The van der Waals surface area contributed by atoms with Gasteiger partial charge in [-0.1, -0.05) is 0 Å². The zero-order valence-corrected chi connectivity index (χ0v) is 21.5. The molecule has 1 fully saturated rings. The summed E-state index contributed by atoms with van der Waals surface area (Å²) in [5.74, 6) is 0.784. The Balaban J connectivity index is 1.49. The maximum Gasteiger partial charge on any atom is 0.258 e. The highest BCUT2D eigenvalue weighted by Gasteiger charge is 2.38. The molecule has 11 heteroatoms. The molecule has 202 valence electrons. The van der Waals surface area contributed by atoms with Gasteiger partial charge in [0.1, 0.15) is 29.1 Å². The normalized spacial score (nSPS) is 19.1. The number of pyridine rings is 1. The van der Waals surface area contributed by atoms with E-state index in [9.17, 15) is 14.4 Å². The predicted octanol–water partition coefficient (Wildman–Crippen LogP) is 1.81. The second kappa shape index (κ2) is 11.3. The Hall–Kier alpha value is -4.80. The van der Waals surface area contributed by atoms with Crippen molar-refractivity contribution in [2.45, 2.75) is 18.7 Å². The van der Waals surface area contributed by atoms with Gasteiger partial charge in [0.05, 0.1) is 26.8 Å². The lowest BCUT2D eigenvalue weighted by Crippen LogP contribution is -2.45. The third-order valence-corrected chi connectivity index (χ3v) is 6.57. The number of nitrogens with zero attached hydrogens (tertiary/aromatic N) is 2. The first-order valence-electron chi connectivity index (χ1n) is 12.4. The first-order valence-corrected chi connectivity index (χ1v) is 12.4. The number of carbonyl (C=O) groups is 3. The van der Waals surface area contributed by atoms with E-state index in [2.05, 4.69) is 15.6 Å². The van der Waals surface area contributed by atoms with Crippen LogP contribution < -0.4 is 29.6 Å². The lowest BCUT2D eigenvalue weighted by Gasteiger charge is -2.22. The summed E-state index contributed by atoms with van der Waals surface area (Å²) in [5.41, 5.74) is 1.52. The van der Waals surface area contributed by atoms with Crippen LogP contribution in [0.4, 0.5) is 0 Å². The second-order valence-corrected chi connectivity index (χ2v) is 9.12. The van der Waals surface area contributed by atoms with E-state index in [1.165, 1.54) is 20.3 Å². The summed E-state index contributed by atoms with van der Waals surface area (Å²) in [6, 6.07) is 12.7. The Labute approximate surface area is 225 Å². The quantitative estimate of drug-likeness (QED) is 0.523. The number of aromatic nitrogens is 1. The van der Waals surface area contributed by atoms with Crippen molar-refractivity contribution in [1.29, 1.82) is 0 Å². The van der Waals surface area contributed by atoms with Gasteiger partial charge in [-0.05, 0) is 36.4 Å². The molecule has 3 aliphatic rings. The van der Waals surface area contributed by atoms with Gasteiger partial charge in [0.2, 0.25) is 0 Å². The SMILES string of the molecule is COc1cc2cc(c1)C(=O)N[C@H]1CN(C(=O)c3ccncc3)C[C@@H]1Oc1ccc(c(OC)c1)CNC(=O)CO2. The Bertz CT molecular complexity index is 1380. The zero-order chi connectivity index (χ0) is 27.4. The van der Waals surface area contributed by atoms with Crippen molar-refractivity contribution in [2.24, 2.45) is 0 Å². The molecule has 1 aromatic heterocycles. The van der Waals surface area contributed by atoms with E-state index in [1.807, 2.05) is 0 Å². The monoisotopic (exact) mass is 532 g/mol. The van der Waals surface area contributed by atoms with Crippen molar-refractivity contribution in [2.75, 3.05) is 33.9 Å². The molecule has 0 saturated carbocycles. The van der Waals surface area contributed by atoms with E-state index in [-0.39, 0.29) is 43.6 Å². The molecule has 11 nitrogen and oxygen atoms in total. The minimum absolute atomic E-state index is 0.189. The molecule has 4 bridgehead atoms. The Morgan fingerprint density at radius 1 is 1.00 bits per heavy atom. The number of ether oxygens (including phenoxy) is 4. The summed E-state index contributed by atoms with van der Waals surface area (Å²) in [4.78, 5) is 44.6. The molecule has 6 rings (SSSR count). The van der Waals surface area contributed by atoms with Gasteiger partial charge in [-0.3, -0.25) is 19.4 Å².